The zero-order valence-electron chi connectivity index (χ0n) is 11.8. The van der Waals surface area contributed by atoms with Crippen LogP contribution in [0.4, 0.5) is 0 Å². The summed E-state index contributed by atoms with van der Waals surface area (Å²) in [5, 5.41) is 0. The van der Waals surface area contributed by atoms with Crippen LogP contribution in [0.2, 0.25) is 0 Å². The van der Waals surface area contributed by atoms with Crippen molar-refractivity contribution in [2.75, 3.05) is 26.4 Å². The Hall–Kier alpha value is -0.160. The van der Waals surface area contributed by atoms with Gasteiger partial charge in [0, 0.05) is 10.8 Å². The molecule has 0 radical (unpaired) electrons. The molecule has 0 aromatic heterocycles. The summed E-state index contributed by atoms with van der Waals surface area (Å²) in [7, 11) is 0. The summed E-state index contributed by atoms with van der Waals surface area (Å²) in [5.74, 6) is -0.502. The van der Waals surface area contributed by atoms with Crippen LogP contribution in [0.5, 0.6) is 0 Å². The van der Waals surface area contributed by atoms with Gasteiger partial charge in [-0.25, -0.2) is 0 Å². The second-order valence-electron chi connectivity index (χ2n) is 7.09. The Morgan fingerprint density at radius 2 is 1.28 bits per heavy atom. The Kier molecular flexibility index (Phi) is 2.80. The minimum atomic E-state index is -0.502. The van der Waals surface area contributed by atoms with Crippen LogP contribution in [0.1, 0.15) is 34.1 Å². The predicted octanol–water partition coefficient (Wildman–Crippen LogP) is 1.97. The fourth-order valence-electron chi connectivity index (χ4n) is 3.72. The molecule has 2 heterocycles. The van der Waals surface area contributed by atoms with Gasteiger partial charge < -0.3 is 18.9 Å². The summed E-state index contributed by atoms with van der Waals surface area (Å²) in [6.07, 6.45) is 1.65. The first-order valence-corrected chi connectivity index (χ1v) is 6.87. The number of hydrogen-bond donors (Lipinski definition) is 0. The van der Waals surface area contributed by atoms with Gasteiger partial charge in [0.15, 0.2) is 5.79 Å². The van der Waals surface area contributed by atoms with E-state index in [0.717, 1.165) is 19.6 Å². The molecule has 2 unspecified atom stereocenters. The van der Waals surface area contributed by atoms with Crippen molar-refractivity contribution in [3.63, 3.8) is 0 Å². The van der Waals surface area contributed by atoms with E-state index < -0.39 is 5.79 Å². The van der Waals surface area contributed by atoms with E-state index >= 15 is 0 Å². The SMILES string of the molecule is CC1(C)CC(C)(C)C1(OCC1CO1)OCC1CO1. The number of ether oxygens (including phenoxy) is 4. The van der Waals surface area contributed by atoms with Crippen molar-refractivity contribution < 1.29 is 18.9 Å². The molecule has 0 bridgehead atoms. The van der Waals surface area contributed by atoms with Crippen molar-refractivity contribution in [1.29, 1.82) is 0 Å². The summed E-state index contributed by atoms with van der Waals surface area (Å²) in [6.45, 7) is 11.8. The van der Waals surface area contributed by atoms with E-state index in [1.165, 1.54) is 0 Å². The molecular formula is C14H24O4. The molecule has 0 spiro atoms. The molecule has 3 rings (SSSR count). The van der Waals surface area contributed by atoms with E-state index in [1.54, 1.807) is 0 Å². The Morgan fingerprint density at radius 3 is 1.56 bits per heavy atom. The Labute approximate surface area is 109 Å². The summed E-state index contributed by atoms with van der Waals surface area (Å²) >= 11 is 0. The van der Waals surface area contributed by atoms with Crippen molar-refractivity contribution in [2.24, 2.45) is 10.8 Å². The van der Waals surface area contributed by atoms with Gasteiger partial charge in [0.1, 0.15) is 12.2 Å². The van der Waals surface area contributed by atoms with Crippen LogP contribution in [0.3, 0.4) is 0 Å². The van der Waals surface area contributed by atoms with Gasteiger partial charge in [-0.2, -0.15) is 0 Å². The molecule has 0 N–H and O–H groups in total. The lowest BCUT2D eigenvalue weighted by Crippen LogP contribution is -2.70. The number of epoxide rings is 2. The van der Waals surface area contributed by atoms with Gasteiger partial charge in [0.2, 0.25) is 0 Å². The smallest absolute Gasteiger partial charge is 0.178 e. The molecule has 3 fully saturated rings. The minimum Gasteiger partial charge on any atom is -0.371 e. The molecular weight excluding hydrogens is 232 g/mol. The molecule has 4 nitrogen and oxygen atoms in total. The van der Waals surface area contributed by atoms with E-state index in [9.17, 15) is 0 Å². The van der Waals surface area contributed by atoms with E-state index in [4.69, 9.17) is 18.9 Å². The lowest BCUT2D eigenvalue weighted by atomic mass is 9.50. The highest BCUT2D eigenvalue weighted by Crippen LogP contribution is 2.64. The third-order valence-electron chi connectivity index (χ3n) is 4.42. The lowest BCUT2D eigenvalue weighted by molar-refractivity contribution is -0.406. The Balaban J connectivity index is 1.71. The Bertz CT molecular complexity index is 297. The van der Waals surface area contributed by atoms with Gasteiger partial charge in [0.05, 0.1) is 26.4 Å². The first-order chi connectivity index (χ1) is 8.36. The van der Waals surface area contributed by atoms with Gasteiger partial charge >= 0.3 is 0 Å². The molecule has 2 saturated heterocycles. The summed E-state index contributed by atoms with van der Waals surface area (Å²) in [5.41, 5.74) is 0.0839. The van der Waals surface area contributed by atoms with Crippen molar-refractivity contribution in [2.45, 2.75) is 52.1 Å². The molecule has 1 aliphatic carbocycles. The van der Waals surface area contributed by atoms with Crippen LogP contribution in [0.25, 0.3) is 0 Å². The van der Waals surface area contributed by atoms with Crippen molar-refractivity contribution in [3.8, 4) is 0 Å². The largest absolute Gasteiger partial charge is 0.371 e. The van der Waals surface area contributed by atoms with E-state index in [0.29, 0.717) is 13.2 Å². The molecule has 104 valence electrons. The van der Waals surface area contributed by atoms with Gasteiger partial charge in [-0.05, 0) is 6.42 Å². The first kappa shape index (κ1) is 12.9. The fourth-order valence-corrected chi connectivity index (χ4v) is 3.72. The average molecular weight is 256 g/mol. The van der Waals surface area contributed by atoms with E-state index in [-0.39, 0.29) is 23.0 Å². The maximum absolute atomic E-state index is 6.20. The molecule has 1 saturated carbocycles. The second kappa shape index (κ2) is 3.92. The van der Waals surface area contributed by atoms with Gasteiger partial charge in [-0.3, -0.25) is 0 Å². The van der Waals surface area contributed by atoms with E-state index in [1.807, 2.05) is 0 Å². The van der Waals surface area contributed by atoms with Crippen LogP contribution in [-0.4, -0.2) is 44.4 Å². The van der Waals surface area contributed by atoms with Gasteiger partial charge in [0.25, 0.3) is 0 Å². The zero-order valence-corrected chi connectivity index (χ0v) is 11.8. The van der Waals surface area contributed by atoms with E-state index in [2.05, 4.69) is 27.7 Å². The summed E-state index contributed by atoms with van der Waals surface area (Å²) in [4.78, 5) is 0. The highest BCUT2D eigenvalue weighted by Gasteiger charge is 2.68. The molecule has 2 atom stereocenters. The molecule has 18 heavy (non-hydrogen) atoms. The van der Waals surface area contributed by atoms with Crippen LogP contribution in [0.15, 0.2) is 0 Å². The summed E-state index contributed by atoms with van der Waals surface area (Å²) < 4.78 is 22.9. The van der Waals surface area contributed by atoms with Crippen LogP contribution >= 0.6 is 0 Å². The summed E-state index contributed by atoms with van der Waals surface area (Å²) in [6, 6.07) is 0. The molecule has 0 aromatic carbocycles. The van der Waals surface area contributed by atoms with Gasteiger partial charge in [-0.1, -0.05) is 27.7 Å². The molecule has 0 aromatic rings. The lowest BCUT2D eigenvalue weighted by Gasteiger charge is -2.65. The first-order valence-electron chi connectivity index (χ1n) is 6.87. The van der Waals surface area contributed by atoms with Crippen molar-refractivity contribution in [3.05, 3.63) is 0 Å². The molecule has 3 aliphatic rings. The average Bonchev–Trinajstić information content (AvgIpc) is 3.11. The fraction of sp³-hybridized carbons (Fsp3) is 1.00. The van der Waals surface area contributed by atoms with Crippen LogP contribution in [-0.2, 0) is 18.9 Å². The number of rotatable bonds is 6. The molecule has 0 amide bonds. The number of hydrogen-bond acceptors (Lipinski definition) is 4. The second-order valence-corrected chi connectivity index (χ2v) is 7.09. The van der Waals surface area contributed by atoms with Crippen LogP contribution in [0, 0.1) is 10.8 Å². The third kappa shape index (κ3) is 1.99. The maximum Gasteiger partial charge on any atom is 0.178 e. The molecule has 4 heteroatoms. The maximum atomic E-state index is 6.20. The standard InChI is InChI=1S/C14H24O4/c1-12(2)9-13(3,4)14(12,17-7-10-5-15-10)18-8-11-6-16-11/h10-11H,5-9H2,1-4H3. The Morgan fingerprint density at radius 1 is 0.889 bits per heavy atom. The quantitative estimate of drug-likeness (QED) is 0.538. The highest BCUT2D eigenvalue weighted by molar-refractivity contribution is 5.11. The third-order valence-corrected chi connectivity index (χ3v) is 4.42. The zero-order chi connectivity index (χ0) is 13.0. The van der Waals surface area contributed by atoms with Crippen LogP contribution < -0.4 is 0 Å². The topological polar surface area (TPSA) is 43.5 Å². The minimum absolute atomic E-state index is 0.0419. The monoisotopic (exact) mass is 256 g/mol. The van der Waals surface area contributed by atoms with Crippen molar-refractivity contribution in [1.82, 2.24) is 0 Å². The highest BCUT2D eigenvalue weighted by atomic mass is 16.7. The van der Waals surface area contributed by atoms with Gasteiger partial charge in [-0.15, -0.1) is 0 Å². The normalized spacial score (nSPS) is 38.0. The molecule has 2 aliphatic heterocycles. The predicted molar refractivity (Wildman–Crippen MR) is 66.3 cm³/mol. The van der Waals surface area contributed by atoms with Crippen molar-refractivity contribution >= 4 is 0 Å².